The summed E-state index contributed by atoms with van der Waals surface area (Å²) in [6.45, 7) is 0.738. The number of fused-ring (bicyclic) bond motifs is 1. The lowest BCUT2D eigenvalue weighted by Gasteiger charge is -2.23. The van der Waals surface area contributed by atoms with Gasteiger partial charge in [0, 0.05) is 32.4 Å². The van der Waals surface area contributed by atoms with E-state index < -0.39 is 17.2 Å². The lowest BCUT2D eigenvalue weighted by Crippen LogP contribution is -2.34. The van der Waals surface area contributed by atoms with Crippen LogP contribution in [0.3, 0.4) is 0 Å². The number of hydrogen-bond donors (Lipinski definition) is 2. The monoisotopic (exact) mass is 395 g/mol. The molecule has 2 fully saturated rings. The highest BCUT2D eigenvalue weighted by Gasteiger charge is 2.35. The number of benzene rings is 1. The molecule has 9 heteroatoms. The van der Waals surface area contributed by atoms with Gasteiger partial charge in [-0.05, 0) is 18.9 Å². The summed E-state index contributed by atoms with van der Waals surface area (Å²) >= 11 is 6.58. The van der Waals surface area contributed by atoms with Gasteiger partial charge in [-0.3, -0.25) is 4.79 Å². The number of carboxylic acids is 1. The van der Waals surface area contributed by atoms with Crippen LogP contribution in [-0.2, 0) is 4.74 Å². The minimum Gasteiger partial charge on any atom is -0.477 e. The van der Waals surface area contributed by atoms with Crippen LogP contribution >= 0.6 is 11.6 Å². The molecule has 4 rings (SSSR count). The Balaban J connectivity index is 1.96. The SMILES string of the molecule is CO[C@H]1CN(c2c(F)cc3c(=O)c(C(=O)O)cn(C4CC4)c3c2Cl)C[C@H]1N. The van der Waals surface area contributed by atoms with E-state index in [4.69, 9.17) is 22.1 Å². The van der Waals surface area contributed by atoms with Crippen LogP contribution in [0.1, 0.15) is 29.2 Å². The third-order valence-corrected chi connectivity index (χ3v) is 5.64. The highest BCUT2D eigenvalue weighted by Crippen LogP contribution is 2.42. The second-order valence-electron chi connectivity index (χ2n) is 7.08. The average Bonchev–Trinajstić information content (AvgIpc) is 3.38. The zero-order valence-electron chi connectivity index (χ0n) is 14.6. The quantitative estimate of drug-likeness (QED) is 0.821. The van der Waals surface area contributed by atoms with E-state index in [1.165, 1.54) is 6.20 Å². The fraction of sp³-hybridized carbons (Fsp3) is 0.444. The number of carbonyl (C=O) groups is 1. The molecule has 1 aromatic carbocycles. The van der Waals surface area contributed by atoms with E-state index in [2.05, 4.69) is 0 Å². The Morgan fingerprint density at radius 1 is 1.41 bits per heavy atom. The predicted molar refractivity (Wildman–Crippen MR) is 99.4 cm³/mol. The normalized spacial score (nSPS) is 22.6. The van der Waals surface area contributed by atoms with Gasteiger partial charge in [0.1, 0.15) is 11.4 Å². The topological polar surface area (TPSA) is 97.8 Å². The number of anilines is 1. The van der Waals surface area contributed by atoms with Crippen molar-refractivity contribution >= 4 is 34.2 Å². The molecule has 7 nitrogen and oxygen atoms in total. The lowest BCUT2D eigenvalue weighted by atomic mass is 10.1. The highest BCUT2D eigenvalue weighted by molar-refractivity contribution is 6.38. The van der Waals surface area contributed by atoms with Crippen molar-refractivity contribution in [1.82, 2.24) is 4.57 Å². The van der Waals surface area contributed by atoms with Crippen molar-refractivity contribution in [2.45, 2.75) is 31.0 Å². The van der Waals surface area contributed by atoms with Crippen molar-refractivity contribution in [1.29, 1.82) is 0 Å². The fourth-order valence-corrected chi connectivity index (χ4v) is 4.15. The van der Waals surface area contributed by atoms with E-state index in [1.807, 2.05) is 0 Å². The van der Waals surface area contributed by atoms with E-state index in [1.54, 1.807) is 16.6 Å². The number of aromatic carboxylic acids is 1. The largest absolute Gasteiger partial charge is 0.477 e. The molecule has 2 aliphatic rings. The zero-order valence-corrected chi connectivity index (χ0v) is 15.4. The maximum atomic E-state index is 14.9. The van der Waals surface area contributed by atoms with Gasteiger partial charge in [-0.15, -0.1) is 0 Å². The van der Waals surface area contributed by atoms with Gasteiger partial charge in [0.05, 0.1) is 33.8 Å². The smallest absolute Gasteiger partial charge is 0.341 e. The lowest BCUT2D eigenvalue weighted by molar-refractivity contribution is 0.0695. The molecule has 27 heavy (non-hydrogen) atoms. The summed E-state index contributed by atoms with van der Waals surface area (Å²) in [4.78, 5) is 25.7. The summed E-state index contributed by atoms with van der Waals surface area (Å²) in [6, 6.07) is 0.839. The Kier molecular flexibility index (Phi) is 4.37. The zero-order chi connectivity index (χ0) is 19.5. The minimum atomic E-state index is -1.34. The van der Waals surface area contributed by atoms with Gasteiger partial charge in [0.2, 0.25) is 5.43 Å². The number of ether oxygens (including phenoxy) is 1. The van der Waals surface area contributed by atoms with Gasteiger partial charge in [0.25, 0.3) is 0 Å². The molecule has 1 saturated heterocycles. The Labute approximate surface area is 159 Å². The first-order valence-corrected chi connectivity index (χ1v) is 9.04. The molecular weight excluding hydrogens is 377 g/mol. The maximum absolute atomic E-state index is 14.9. The van der Waals surface area contributed by atoms with E-state index >= 15 is 0 Å². The molecule has 1 saturated carbocycles. The first-order chi connectivity index (χ1) is 12.8. The van der Waals surface area contributed by atoms with E-state index in [0.717, 1.165) is 18.9 Å². The Morgan fingerprint density at radius 3 is 2.67 bits per heavy atom. The van der Waals surface area contributed by atoms with Crippen molar-refractivity contribution in [2.75, 3.05) is 25.1 Å². The molecule has 3 N–H and O–H groups in total. The molecule has 0 unspecified atom stereocenters. The van der Waals surface area contributed by atoms with E-state index in [-0.39, 0.29) is 39.8 Å². The number of carboxylic acid groups (broad SMARTS) is 1. The molecule has 0 spiro atoms. The van der Waals surface area contributed by atoms with Crippen molar-refractivity contribution in [3.63, 3.8) is 0 Å². The van der Waals surface area contributed by atoms with Crippen LogP contribution in [-0.4, -0.2) is 48.0 Å². The minimum absolute atomic E-state index is 0.0279. The summed E-state index contributed by atoms with van der Waals surface area (Å²) < 4.78 is 22.0. The molecule has 0 radical (unpaired) electrons. The second kappa shape index (κ2) is 6.47. The molecular formula is C18H19ClFN3O4. The molecule has 0 amide bonds. The van der Waals surface area contributed by atoms with Crippen molar-refractivity contribution in [3.8, 4) is 0 Å². The molecule has 0 bridgehead atoms. The number of nitrogens with two attached hydrogens (primary N) is 1. The van der Waals surface area contributed by atoms with Gasteiger partial charge < -0.3 is 25.0 Å². The van der Waals surface area contributed by atoms with Gasteiger partial charge in [-0.25, -0.2) is 9.18 Å². The molecule has 1 aliphatic heterocycles. The Morgan fingerprint density at radius 2 is 2.11 bits per heavy atom. The standard InChI is InChI=1S/C18H19ClFN3O4/c1-27-13-7-22(6-12(13)21)16-11(20)4-9-15(14(16)19)23(8-2-3-8)5-10(17(9)24)18(25)26/h4-5,8,12-13H,2-3,6-7,21H2,1H3,(H,25,26)/t12-,13+/m1/s1. The summed E-state index contributed by atoms with van der Waals surface area (Å²) in [5.74, 6) is -2.02. The molecule has 2 heterocycles. The van der Waals surface area contributed by atoms with Gasteiger partial charge in [-0.2, -0.15) is 0 Å². The maximum Gasteiger partial charge on any atom is 0.341 e. The third-order valence-electron chi connectivity index (χ3n) is 5.28. The first kappa shape index (κ1) is 18.2. The van der Waals surface area contributed by atoms with Crippen molar-refractivity contribution < 1.29 is 19.0 Å². The summed E-state index contributed by atoms with van der Waals surface area (Å²) in [5.41, 5.74) is 5.44. The second-order valence-corrected chi connectivity index (χ2v) is 7.45. The number of methoxy groups -OCH3 is 1. The van der Waals surface area contributed by atoms with Crippen LogP contribution in [0.25, 0.3) is 10.9 Å². The first-order valence-electron chi connectivity index (χ1n) is 8.67. The number of halogens is 2. The number of rotatable bonds is 4. The molecule has 1 aromatic heterocycles. The molecule has 2 aromatic rings. The predicted octanol–water partition coefficient (Wildman–Crippen LogP) is 1.99. The van der Waals surface area contributed by atoms with Gasteiger partial charge in [-0.1, -0.05) is 11.6 Å². The van der Waals surface area contributed by atoms with E-state index in [0.29, 0.717) is 18.6 Å². The number of aromatic nitrogens is 1. The number of pyridine rings is 1. The van der Waals surface area contributed by atoms with Crippen LogP contribution in [0.15, 0.2) is 17.1 Å². The number of hydrogen-bond acceptors (Lipinski definition) is 5. The third kappa shape index (κ3) is 2.88. The molecule has 144 valence electrons. The summed E-state index contributed by atoms with van der Waals surface area (Å²) in [5, 5.41) is 9.39. The summed E-state index contributed by atoms with van der Waals surface area (Å²) in [7, 11) is 1.55. The summed E-state index contributed by atoms with van der Waals surface area (Å²) in [6.07, 6.45) is 2.75. The molecule has 1 aliphatic carbocycles. The van der Waals surface area contributed by atoms with Crippen molar-refractivity contribution in [3.05, 3.63) is 38.9 Å². The van der Waals surface area contributed by atoms with Crippen LogP contribution in [0.4, 0.5) is 10.1 Å². The van der Waals surface area contributed by atoms with Crippen LogP contribution < -0.4 is 16.1 Å². The van der Waals surface area contributed by atoms with Gasteiger partial charge >= 0.3 is 5.97 Å². The van der Waals surface area contributed by atoms with Crippen molar-refractivity contribution in [2.24, 2.45) is 5.73 Å². The van der Waals surface area contributed by atoms with Crippen LogP contribution in [0.5, 0.6) is 0 Å². The molecule has 2 atom stereocenters. The van der Waals surface area contributed by atoms with Gasteiger partial charge in [0.15, 0.2) is 0 Å². The number of nitrogens with zero attached hydrogens (tertiary/aromatic N) is 2. The fourth-order valence-electron chi connectivity index (χ4n) is 3.75. The Bertz CT molecular complexity index is 1000. The van der Waals surface area contributed by atoms with E-state index in [9.17, 15) is 19.1 Å². The van der Waals surface area contributed by atoms with Crippen LogP contribution in [0, 0.1) is 5.82 Å². The van der Waals surface area contributed by atoms with Crippen LogP contribution in [0.2, 0.25) is 5.02 Å². The Hall–Kier alpha value is -2.16. The highest BCUT2D eigenvalue weighted by atomic mass is 35.5. The average molecular weight is 396 g/mol.